The first kappa shape index (κ1) is 17.2. The van der Waals surface area contributed by atoms with Crippen LogP contribution < -0.4 is 10.7 Å². The first-order valence-electron chi connectivity index (χ1n) is 8.04. The Bertz CT molecular complexity index is 831. The van der Waals surface area contributed by atoms with Crippen molar-refractivity contribution in [3.05, 3.63) is 64.7 Å². The summed E-state index contributed by atoms with van der Waals surface area (Å²) in [6, 6.07) is 14.2. The van der Waals surface area contributed by atoms with E-state index in [0.717, 1.165) is 17.7 Å². The number of amides is 2. The predicted octanol–water partition coefficient (Wildman–Crippen LogP) is 3.84. The molecule has 5 nitrogen and oxygen atoms in total. The van der Waals surface area contributed by atoms with Crippen molar-refractivity contribution in [1.82, 2.24) is 5.43 Å². The van der Waals surface area contributed by atoms with Crippen LogP contribution in [-0.2, 0) is 4.79 Å². The normalized spacial score (nSPS) is 17.3. The number of nitrogens with one attached hydrogen (secondary N) is 2. The van der Waals surface area contributed by atoms with Crippen LogP contribution in [0, 0.1) is 5.92 Å². The Hall–Kier alpha value is -2.66. The molecular weight excluding hydrogens is 338 g/mol. The highest BCUT2D eigenvalue weighted by molar-refractivity contribution is 6.31. The van der Waals surface area contributed by atoms with Crippen molar-refractivity contribution < 1.29 is 9.59 Å². The van der Waals surface area contributed by atoms with E-state index in [-0.39, 0.29) is 17.7 Å². The summed E-state index contributed by atoms with van der Waals surface area (Å²) in [5.74, 6) is -0.0423. The van der Waals surface area contributed by atoms with Crippen molar-refractivity contribution in [2.45, 2.75) is 19.8 Å². The monoisotopic (exact) mass is 355 g/mol. The number of carbonyl (C=O) groups excluding carboxylic acids is 2. The summed E-state index contributed by atoms with van der Waals surface area (Å²) in [7, 11) is 0. The third kappa shape index (κ3) is 4.45. The maximum atomic E-state index is 12.2. The van der Waals surface area contributed by atoms with Crippen LogP contribution >= 0.6 is 11.6 Å². The minimum Gasteiger partial charge on any atom is -0.322 e. The van der Waals surface area contributed by atoms with E-state index in [2.05, 4.69) is 15.8 Å². The second kappa shape index (κ2) is 7.49. The molecule has 0 aliphatic carbocycles. The van der Waals surface area contributed by atoms with Gasteiger partial charge >= 0.3 is 0 Å². The van der Waals surface area contributed by atoms with Crippen molar-refractivity contribution in [3.8, 4) is 0 Å². The number of rotatable bonds is 3. The Morgan fingerprint density at radius 3 is 2.68 bits per heavy atom. The minimum atomic E-state index is -0.219. The molecule has 1 aliphatic rings. The fraction of sp³-hybridized carbons (Fsp3) is 0.211. The summed E-state index contributed by atoms with van der Waals surface area (Å²) in [5.41, 5.74) is 5.51. The van der Waals surface area contributed by atoms with Crippen molar-refractivity contribution in [3.63, 3.8) is 0 Å². The topological polar surface area (TPSA) is 70.6 Å². The molecule has 2 aromatic rings. The second-order valence-electron chi connectivity index (χ2n) is 6.15. The van der Waals surface area contributed by atoms with Crippen LogP contribution in [0.1, 0.15) is 35.7 Å². The zero-order valence-electron chi connectivity index (χ0n) is 13.8. The van der Waals surface area contributed by atoms with E-state index in [1.54, 1.807) is 24.3 Å². The minimum absolute atomic E-state index is 0.0621. The van der Waals surface area contributed by atoms with Crippen molar-refractivity contribution >= 4 is 34.8 Å². The molecule has 2 aromatic carbocycles. The van der Waals surface area contributed by atoms with Crippen LogP contribution in [0.2, 0.25) is 5.02 Å². The molecule has 0 spiro atoms. The fourth-order valence-electron chi connectivity index (χ4n) is 2.70. The van der Waals surface area contributed by atoms with Crippen molar-refractivity contribution in [1.29, 1.82) is 0 Å². The van der Waals surface area contributed by atoms with Gasteiger partial charge < -0.3 is 5.32 Å². The third-order valence-electron chi connectivity index (χ3n) is 3.95. The van der Waals surface area contributed by atoms with Gasteiger partial charge in [0.25, 0.3) is 5.91 Å². The Kier molecular flexibility index (Phi) is 5.14. The quantitative estimate of drug-likeness (QED) is 0.878. The van der Waals surface area contributed by atoms with Crippen LogP contribution in [-0.4, -0.2) is 17.5 Å². The van der Waals surface area contributed by atoms with Gasteiger partial charge in [0, 0.05) is 22.7 Å². The molecule has 0 bridgehead atoms. The highest BCUT2D eigenvalue weighted by Gasteiger charge is 2.17. The van der Waals surface area contributed by atoms with Gasteiger partial charge in [0.2, 0.25) is 5.91 Å². The van der Waals surface area contributed by atoms with Gasteiger partial charge in [-0.3, -0.25) is 9.59 Å². The standard InChI is InChI=1S/C19H18ClN3O2/c1-12-9-17(22-23-18(24)10-12)13-5-7-16(8-6-13)21-19(25)14-3-2-4-15(20)11-14/h2-8,11-12H,9-10H2,1H3,(H,21,25)(H,23,24). The largest absolute Gasteiger partial charge is 0.322 e. The van der Waals surface area contributed by atoms with Gasteiger partial charge in [-0.05, 0) is 48.2 Å². The molecule has 1 aliphatic heterocycles. The first-order valence-corrected chi connectivity index (χ1v) is 8.42. The molecule has 2 N–H and O–H groups in total. The zero-order chi connectivity index (χ0) is 17.8. The highest BCUT2D eigenvalue weighted by Crippen LogP contribution is 2.19. The molecule has 1 atom stereocenters. The first-order chi connectivity index (χ1) is 12.0. The maximum absolute atomic E-state index is 12.2. The lowest BCUT2D eigenvalue weighted by atomic mass is 9.96. The van der Waals surface area contributed by atoms with Crippen LogP contribution in [0.4, 0.5) is 5.69 Å². The molecule has 0 saturated heterocycles. The number of hydrazone groups is 1. The average Bonchev–Trinajstić information content (AvgIpc) is 2.76. The lowest BCUT2D eigenvalue weighted by molar-refractivity contribution is -0.121. The number of hydrogen-bond acceptors (Lipinski definition) is 3. The number of carbonyl (C=O) groups is 2. The number of halogens is 1. The van der Waals surface area contributed by atoms with E-state index in [9.17, 15) is 9.59 Å². The van der Waals surface area contributed by atoms with Gasteiger partial charge in [0.1, 0.15) is 0 Å². The summed E-state index contributed by atoms with van der Waals surface area (Å²) in [5, 5.41) is 7.54. The fourth-order valence-corrected chi connectivity index (χ4v) is 2.89. The van der Waals surface area contributed by atoms with Gasteiger partial charge in [-0.1, -0.05) is 36.7 Å². The zero-order valence-corrected chi connectivity index (χ0v) is 14.5. The Balaban J connectivity index is 1.72. The molecule has 6 heteroatoms. The lowest BCUT2D eigenvalue weighted by Crippen LogP contribution is -2.16. The van der Waals surface area contributed by atoms with Crippen molar-refractivity contribution in [2.24, 2.45) is 11.0 Å². The van der Waals surface area contributed by atoms with Gasteiger partial charge in [-0.2, -0.15) is 5.10 Å². The van der Waals surface area contributed by atoms with E-state index < -0.39 is 0 Å². The van der Waals surface area contributed by atoms with Crippen LogP contribution in [0.3, 0.4) is 0 Å². The molecule has 1 unspecified atom stereocenters. The molecule has 2 amide bonds. The van der Waals surface area contributed by atoms with Crippen LogP contribution in [0.5, 0.6) is 0 Å². The molecule has 0 aromatic heterocycles. The summed E-state index contributed by atoms with van der Waals surface area (Å²) in [6.45, 7) is 2.03. The number of hydrogen-bond donors (Lipinski definition) is 2. The van der Waals surface area contributed by atoms with Crippen LogP contribution in [0.25, 0.3) is 0 Å². The molecule has 0 radical (unpaired) electrons. The maximum Gasteiger partial charge on any atom is 0.255 e. The van der Waals surface area contributed by atoms with Gasteiger partial charge in [0.15, 0.2) is 0 Å². The molecule has 0 fully saturated rings. The molecule has 1 heterocycles. The second-order valence-corrected chi connectivity index (χ2v) is 6.59. The van der Waals surface area contributed by atoms with Crippen molar-refractivity contribution in [2.75, 3.05) is 5.32 Å². The average molecular weight is 356 g/mol. The molecule has 128 valence electrons. The number of anilines is 1. The predicted molar refractivity (Wildman–Crippen MR) is 98.9 cm³/mol. The Labute approximate surface area is 151 Å². The Morgan fingerprint density at radius 1 is 1.20 bits per heavy atom. The summed E-state index contributed by atoms with van der Waals surface area (Å²) in [4.78, 5) is 23.8. The number of benzene rings is 2. The van der Waals surface area contributed by atoms with E-state index in [4.69, 9.17) is 11.6 Å². The van der Waals surface area contributed by atoms with Gasteiger partial charge in [-0.15, -0.1) is 0 Å². The van der Waals surface area contributed by atoms with E-state index in [1.807, 2.05) is 31.2 Å². The lowest BCUT2D eigenvalue weighted by Gasteiger charge is -2.10. The molecule has 25 heavy (non-hydrogen) atoms. The third-order valence-corrected chi connectivity index (χ3v) is 4.19. The van der Waals surface area contributed by atoms with Crippen LogP contribution in [0.15, 0.2) is 53.6 Å². The van der Waals surface area contributed by atoms with Gasteiger partial charge in [-0.25, -0.2) is 5.43 Å². The van der Waals surface area contributed by atoms with E-state index in [0.29, 0.717) is 22.7 Å². The molecule has 0 saturated carbocycles. The summed E-state index contributed by atoms with van der Waals surface area (Å²) >= 11 is 5.91. The molecular formula is C19H18ClN3O2. The SMILES string of the molecule is CC1CC(=O)NN=C(c2ccc(NC(=O)c3cccc(Cl)c3)cc2)C1. The van der Waals surface area contributed by atoms with Gasteiger partial charge in [0.05, 0.1) is 5.71 Å². The molecule has 3 rings (SSSR count). The number of nitrogens with zero attached hydrogens (tertiary/aromatic N) is 1. The van der Waals surface area contributed by atoms with E-state index in [1.165, 1.54) is 0 Å². The highest BCUT2D eigenvalue weighted by atomic mass is 35.5. The smallest absolute Gasteiger partial charge is 0.255 e. The summed E-state index contributed by atoms with van der Waals surface area (Å²) in [6.07, 6.45) is 1.20. The van der Waals surface area contributed by atoms with E-state index >= 15 is 0 Å². The Morgan fingerprint density at radius 2 is 1.96 bits per heavy atom. The summed E-state index contributed by atoms with van der Waals surface area (Å²) < 4.78 is 0.